The summed E-state index contributed by atoms with van der Waals surface area (Å²) in [6.07, 6.45) is 2.20. The fraction of sp³-hybridized carbons (Fsp3) is 0.480. The summed E-state index contributed by atoms with van der Waals surface area (Å²) in [4.78, 5) is 19.7. The molecule has 0 radical (unpaired) electrons. The lowest BCUT2D eigenvalue weighted by Gasteiger charge is -2.29. The van der Waals surface area contributed by atoms with Gasteiger partial charge in [0.25, 0.3) is 5.91 Å². The number of rotatable bonds is 7. The summed E-state index contributed by atoms with van der Waals surface area (Å²) in [5.41, 5.74) is 4.14. The van der Waals surface area contributed by atoms with Crippen molar-refractivity contribution >= 4 is 17.3 Å². The van der Waals surface area contributed by atoms with E-state index in [1.165, 1.54) is 0 Å². The average Bonchev–Trinajstić information content (AvgIpc) is 3.32. The van der Waals surface area contributed by atoms with Crippen molar-refractivity contribution in [3.05, 3.63) is 59.7 Å². The van der Waals surface area contributed by atoms with Crippen molar-refractivity contribution in [3.8, 4) is 0 Å². The maximum absolute atomic E-state index is 13.4. The third-order valence-electron chi connectivity index (χ3n) is 6.05. The van der Waals surface area contributed by atoms with Crippen LogP contribution in [0.15, 0.2) is 48.5 Å². The highest BCUT2D eigenvalue weighted by Crippen LogP contribution is 2.21. The molecule has 0 bridgehead atoms. The van der Waals surface area contributed by atoms with Gasteiger partial charge in [0.1, 0.15) is 0 Å². The van der Waals surface area contributed by atoms with Gasteiger partial charge in [-0.1, -0.05) is 12.1 Å². The molecular weight excluding hydrogens is 390 g/mol. The summed E-state index contributed by atoms with van der Waals surface area (Å²) < 4.78 is 11.3. The quantitative estimate of drug-likeness (QED) is 0.683. The number of anilines is 2. The van der Waals surface area contributed by atoms with E-state index in [4.69, 9.17) is 9.47 Å². The first-order valence-electron chi connectivity index (χ1n) is 11.2. The van der Waals surface area contributed by atoms with Crippen molar-refractivity contribution in [1.82, 2.24) is 4.90 Å². The number of benzene rings is 2. The Morgan fingerprint density at radius 2 is 1.71 bits per heavy atom. The van der Waals surface area contributed by atoms with Gasteiger partial charge in [0.05, 0.1) is 19.3 Å². The van der Waals surface area contributed by atoms with Gasteiger partial charge in [-0.25, -0.2) is 0 Å². The molecule has 2 saturated heterocycles. The second kappa shape index (κ2) is 10.2. The van der Waals surface area contributed by atoms with E-state index in [-0.39, 0.29) is 12.0 Å². The zero-order valence-corrected chi connectivity index (χ0v) is 18.6. The van der Waals surface area contributed by atoms with E-state index < -0.39 is 0 Å². The molecule has 2 fully saturated rings. The minimum absolute atomic E-state index is 0.0562. The van der Waals surface area contributed by atoms with Crippen molar-refractivity contribution in [2.24, 2.45) is 0 Å². The number of ether oxygens (including phenoxy) is 2. The minimum Gasteiger partial charge on any atom is -0.378 e. The maximum atomic E-state index is 13.4. The molecule has 1 unspecified atom stereocenters. The topological polar surface area (TPSA) is 45.2 Å². The van der Waals surface area contributed by atoms with Gasteiger partial charge in [-0.2, -0.15) is 0 Å². The van der Waals surface area contributed by atoms with E-state index in [1.54, 1.807) is 0 Å². The van der Waals surface area contributed by atoms with Crippen LogP contribution in [0.2, 0.25) is 0 Å². The van der Waals surface area contributed by atoms with Crippen LogP contribution in [0.3, 0.4) is 0 Å². The van der Waals surface area contributed by atoms with E-state index in [0.717, 1.165) is 68.3 Å². The van der Waals surface area contributed by atoms with Crippen LogP contribution in [0.1, 0.15) is 28.8 Å². The Kier molecular flexibility index (Phi) is 7.10. The van der Waals surface area contributed by atoms with E-state index in [9.17, 15) is 4.79 Å². The van der Waals surface area contributed by atoms with Gasteiger partial charge >= 0.3 is 0 Å². The number of hydrogen-bond donors (Lipinski definition) is 0. The summed E-state index contributed by atoms with van der Waals surface area (Å²) in [6.45, 7) is 5.28. The predicted octanol–water partition coefficient (Wildman–Crippen LogP) is 3.41. The Morgan fingerprint density at radius 3 is 2.32 bits per heavy atom. The zero-order chi connectivity index (χ0) is 21.6. The largest absolute Gasteiger partial charge is 0.378 e. The highest BCUT2D eigenvalue weighted by atomic mass is 16.5. The average molecular weight is 424 g/mol. The number of morpholine rings is 1. The van der Waals surface area contributed by atoms with Gasteiger partial charge in [-0.15, -0.1) is 0 Å². The Labute approximate surface area is 185 Å². The molecule has 166 valence electrons. The summed E-state index contributed by atoms with van der Waals surface area (Å²) >= 11 is 0. The van der Waals surface area contributed by atoms with Gasteiger partial charge in [0, 0.05) is 63.8 Å². The van der Waals surface area contributed by atoms with E-state index in [2.05, 4.69) is 46.2 Å². The summed E-state index contributed by atoms with van der Waals surface area (Å²) in [7, 11) is 4.06. The van der Waals surface area contributed by atoms with Crippen LogP contribution < -0.4 is 9.80 Å². The second-order valence-corrected chi connectivity index (χ2v) is 8.53. The molecule has 0 spiro atoms. The highest BCUT2D eigenvalue weighted by molar-refractivity contribution is 5.94. The van der Waals surface area contributed by atoms with Crippen LogP contribution >= 0.6 is 0 Å². The molecule has 2 aromatic carbocycles. The molecule has 31 heavy (non-hydrogen) atoms. The van der Waals surface area contributed by atoms with Gasteiger partial charge in [-0.05, 0) is 54.8 Å². The van der Waals surface area contributed by atoms with Crippen LogP contribution in [0, 0.1) is 0 Å². The third kappa shape index (κ3) is 5.57. The maximum Gasteiger partial charge on any atom is 0.254 e. The standard InChI is InChI=1S/C25H33N3O3/c1-26(2)22-9-5-20(6-10-22)18-28(19-24-4-3-15-31-24)25(29)21-7-11-23(12-8-21)27-13-16-30-17-14-27/h5-12,24H,3-4,13-19H2,1-2H3. The monoisotopic (exact) mass is 423 g/mol. The summed E-state index contributed by atoms with van der Waals surface area (Å²) in [6, 6.07) is 16.4. The van der Waals surface area contributed by atoms with Crippen LogP contribution in [0.4, 0.5) is 11.4 Å². The number of carbonyl (C=O) groups is 1. The minimum atomic E-state index is 0.0562. The molecule has 6 heteroatoms. The fourth-order valence-electron chi connectivity index (χ4n) is 4.19. The zero-order valence-electron chi connectivity index (χ0n) is 18.6. The molecule has 6 nitrogen and oxygen atoms in total. The van der Waals surface area contributed by atoms with Crippen LogP contribution in [0.25, 0.3) is 0 Å². The molecule has 0 aromatic heterocycles. The molecule has 0 N–H and O–H groups in total. The first-order valence-corrected chi connectivity index (χ1v) is 11.2. The summed E-state index contributed by atoms with van der Waals surface area (Å²) in [5, 5.41) is 0. The van der Waals surface area contributed by atoms with Gasteiger partial charge < -0.3 is 24.2 Å². The normalized spacial score (nSPS) is 18.8. The third-order valence-corrected chi connectivity index (χ3v) is 6.05. The molecule has 0 saturated carbocycles. The van der Waals surface area contributed by atoms with Gasteiger partial charge in [-0.3, -0.25) is 4.79 Å². The van der Waals surface area contributed by atoms with E-state index in [1.807, 2.05) is 31.1 Å². The SMILES string of the molecule is CN(C)c1ccc(CN(CC2CCCO2)C(=O)c2ccc(N3CCOCC3)cc2)cc1. The van der Waals surface area contributed by atoms with Crippen molar-refractivity contribution < 1.29 is 14.3 Å². The Morgan fingerprint density at radius 1 is 1.00 bits per heavy atom. The van der Waals surface area contributed by atoms with E-state index >= 15 is 0 Å². The van der Waals surface area contributed by atoms with Crippen molar-refractivity contribution in [2.45, 2.75) is 25.5 Å². The molecule has 2 aromatic rings. The molecule has 1 atom stereocenters. The summed E-state index contributed by atoms with van der Waals surface area (Å²) in [5.74, 6) is 0.0562. The van der Waals surface area contributed by atoms with Crippen LogP contribution in [0.5, 0.6) is 0 Å². The smallest absolute Gasteiger partial charge is 0.254 e. The van der Waals surface area contributed by atoms with Crippen LogP contribution in [-0.4, -0.2) is 70.5 Å². The number of hydrogen-bond acceptors (Lipinski definition) is 5. The lowest BCUT2D eigenvalue weighted by Crippen LogP contribution is -2.37. The molecule has 2 aliphatic rings. The molecule has 0 aliphatic carbocycles. The first-order chi connectivity index (χ1) is 15.1. The molecular formula is C25H33N3O3. The molecule has 4 rings (SSSR count). The Hall–Kier alpha value is -2.57. The fourth-order valence-corrected chi connectivity index (χ4v) is 4.19. The van der Waals surface area contributed by atoms with Crippen molar-refractivity contribution in [2.75, 3.05) is 63.4 Å². The lowest BCUT2D eigenvalue weighted by molar-refractivity contribution is 0.0507. The first kappa shape index (κ1) is 21.7. The highest BCUT2D eigenvalue weighted by Gasteiger charge is 2.24. The predicted molar refractivity (Wildman–Crippen MR) is 124 cm³/mol. The Bertz CT molecular complexity index is 839. The van der Waals surface area contributed by atoms with E-state index in [0.29, 0.717) is 13.1 Å². The number of carbonyl (C=O) groups excluding carboxylic acids is 1. The number of amides is 1. The Balaban J connectivity index is 1.48. The molecule has 2 aliphatic heterocycles. The second-order valence-electron chi connectivity index (χ2n) is 8.53. The van der Waals surface area contributed by atoms with Crippen LogP contribution in [-0.2, 0) is 16.0 Å². The lowest BCUT2D eigenvalue weighted by atomic mass is 10.1. The van der Waals surface area contributed by atoms with Gasteiger partial charge in [0.2, 0.25) is 0 Å². The van der Waals surface area contributed by atoms with Crippen molar-refractivity contribution in [1.29, 1.82) is 0 Å². The van der Waals surface area contributed by atoms with Gasteiger partial charge in [0.15, 0.2) is 0 Å². The molecule has 1 amide bonds. The number of nitrogens with zero attached hydrogens (tertiary/aromatic N) is 3. The molecule has 2 heterocycles. The van der Waals surface area contributed by atoms with Crippen molar-refractivity contribution in [3.63, 3.8) is 0 Å².